The summed E-state index contributed by atoms with van der Waals surface area (Å²) in [4.78, 5) is 8.82. The van der Waals surface area contributed by atoms with Crippen LogP contribution in [0.5, 0.6) is 5.75 Å². The molecule has 5 rings (SSSR count). The predicted molar refractivity (Wildman–Crippen MR) is 116 cm³/mol. The van der Waals surface area contributed by atoms with Crippen LogP contribution in [0.4, 0.5) is 13.2 Å². The average molecular weight is 458 g/mol. The number of benzene rings is 1. The van der Waals surface area contributed by atoms with Crippen LogP contribution in [0.25, 0.3) is 11.4 Å². The predicted octanol–water partition coefficient (Wildman–Crippen LogP) is 3.66. The van der Waals surface area contributed by atoms with Crippen LogP contribution >= 0.6 is 0 Å². The molecule has 3 heterocycles. The van der Waals surface area contributed by atoms with Crippen molar-refractivity contribution in [2.24, 2.45) is 0 Å². The van der Waals surface area contributed by atoms with Crippen molar-refractivity contribution in [3.63, 3.8) is 0 Å². The fourth-order valence-electron chi connectivity index (χ4n) is 4.83. The summed E-state index contributed by atoms with van der Waals surface area (Å²) in [5.41, 5.74) is 11.5. The molecular formula is C23H25F3N6O. The molecule has 0 amide bonds. The number of fused-ring (bicyclic) bond motifs is 1. The Balaban J connectivity index is 1.36. The van der Waals surface area contributed by atoms with E-state index in [9.17, 15) is 13.2 Å². The molecule has 10 heteroatoms. The van der Waals surface area contributed by atoms with E-state index in [4.69, 9.17) is 4.74 Å². The first-order valence-corrected chi connectivity index (χ1v) is 10.9. The minimum Gasteiger partial charge on any atom is -0.496 e. The van der Waals surface area contributed by atoms with Crippen LogP contribution in [-0.4, -0.2) is 33.9 Å². The van der Waals surface area contributed by atoms with Gasteiger partial charge in [-0.2, -0.15) is 18.7 Å². The minimum absolute atomic E-state index is 0.345. The SMILES string of the molecule is COc1cccc2c1CCCC2Cn1cnc(-c2cc(C3NNNC3C(F)(F)F)ccn2)c1. The van der Waals surface area contributed by atoms with Gasteiger partial charge in [0, 0.05) is 24.9 Å². The van der Waals surface area contributed by atoms with Gasteiger partial charge in [0.15, 0.2) is 0 Å². The van der Waals surface area contributed by atoms with Gasteiger partial charge in [0.05, 0.1) is 25.2 Å². The summed E-state index contributed by atoms with van der Waals surface area (Å²) in [5, 5.41) is 0. The second kappa shape index (κ2) is 8.77. The first-order valence-electron chi connectivity index (χ1n) is 10.9. The molecule has 1 aliphatic carbocycles. The maximum Gasteiger partial charge on any atom is 0.407 e. The summed E-state index contributed by atoms with van der Waals surface area (Å²) in [6.07, 6.45) is 3.97. The highest BCUT2D eigenvalue weighted by Gasteiger charge is 2.48. The number of halogens is 3. The molecule has 3 atom stereocenters. The number of nitrogens with zero attached hydrogens (tertiary/aromatic N) is 3. The number of aromatic nitrogens is 3. The highest BCUT2D eigenvalue weighted by atomic mass is 19.4. The minimum atomic E-state index is -4.40. The highest BCUT2D eigenvalue weighted by molar-refractivity contribution is 5.54. The standard InChI is InChI=1S/C23H25F3N6O/c1-33-20-7-3-5-16-15(4-2-6-17(16)20)11-32-12-19(28-13-32)18-10-14(8-9-27-18)21-22(23(24,25)26)30-31-29-21/h3,5,7-10,12-13,15,21-22,29-31H,2,4,6,11H2,1H3. The van der Waals surface area contributed by atoms with Crippen LogP contribution in [-0.2, 0) is 13.0 Å². The van der Waals surface area contributed by atoms with Gasteiger partial charge in [-0.1, -0.05) is 12.1 Å². The summed E-state index contributed by atoms with van der Waals surface area (Å²) in [7, 11) is 1.70. The van der Waals surface area contributed by atoms with E-state index in [0.29, 0.717) is 22.9 Å². The van der Waals surface area contributed by atoms with Crippen LogP contribution in [0.3, 0.4) is 0 Å². The third-order valence-corrected chi connectivity index (χ3v) is 6.42. The van der Waals surface area contributed by atoms with Crippen LogP contribution in [0.15, 0.2) is 49.1 Å². The van der Waals surface area contributed by atoms with Crippen molar-refractivity contribution < 1.29 is 17.9 Å². The lowest BCUT2D eigenvalue weighted by molar-refractivity contribution is -0.156. The van der Waals surface area contributed by atoms with E-state index in [0.717, 1.165) is 31.6 Å². The highest BCUT2D eigenvalue weighted by Crippen LogP contribution is 2.38. The number of hydrazine groups is 2. The third-order valence-electron chi connectivity index (χ3n) is 6.42. The molecule has 33 heavy (non-hydrogen) atoms. The number of ether oxygens (including phenoxy) is 1. The lowest BCUT2D eigenvalue weighted by Gasteiger charge is -2.27. The lowest BCUT2D eigenvalue weighted by Crippen LogP contribution is -2.43. The molecule has 1 saturated heterocycles. The molecule has 2 aromatic heterocycles. The second-order valence-electron chi connectivity index (χ2n) is 8.46. The molecule has 1 fully saturated rings. The van der Waals surface area contributed by atoms with Gasteiger partial charge in [-0.05, 0) is 54.2 Å². The Bertz CT molecular complexity index is 1130. The van der Waals surface area contributed by atoms with Crippen LogP contribution < -0.4 is 21.1 Å². The van der Waals surface area contributed by atoms with Crippen LogP contribution in [0.1, 0.15) is 41.5 Å². The van der Waals surface area contributed by atoms with Crippen molar-refractivity contribution in [1.29, 1.82) is 0 Å². The Kier molecular flexibility index (Phi) is 5.81. The number of imidazole rings is 1. The van der Waals surface area contributed by atoms with E-state index in [1.165, 1.54) is 17.3 Å². The van der Waals surface area contributed by atoms with Crippen molar-refractivity contribution in [1.82, 2.24) is 30.9 Å². The molecular weight excluding hydrogens is 433 g/mol. The molecule has 3 unspecified atom stereocenters. The number of hydrogen-bond donors (Lipinski definition) is 3. The second-order valence-corrected chi connectivity index (χ2v) is 8.46. The average Bonchev–Trinajstić information content (AvgIpc) is 3.49. The zero-order chi connectivity index (χ0) is 23.0. The smallest absolute Gasteiger partial charge is 0.407 e. The molecule has 3 aromatic rings. The van der Waals surface area contributed by atoms with E-state index in [1.54, 1.807) is 25.6 Å². The largest absolute Gasteiger partial charge is 0.496 e. The van der Waals surface area contributed by atoms with E-state index in [-0.39, 0.29) is 0 Å². The molecule has 0 saturated carbocycles. The van der Waals surface area contributed by atoms with Crippen molar-refractivity contribution in [3.8, 4) is 17.1 Å². The van der Waals surface area contributed by atoms with Crippen LogP contribution in [0.2, 0.25) is 0 Å². The van der Waals surface area contributed by atoms with Crippen molar-refractivity contribution >= 4 is 0 Å². The zero-order valence-corrected chi connectivity index (χ0v) is 18.1. The number of hydrogen-bond acceptors (Lipinski definition) is 6. The Labute approximate surface area is 189 Å². The number of pyridine rings is 1. The third kappa shape index (κ3) is 4.33. The van der Waals surface area contributed by atoms with Gasteiger partial charge in [0.25, 0.3) is 0 Å². The molecule has 2 aliphatic rings. The number of alkyl halides is 3. The van der Waals surface area contributed by atoms with Gasteiger partial charge < -0.3 is 9.30 Å². The fraction of sp³-hybridized carbons (Fsp3) is 0.391. The molecule has 0 radical (unpaired) electrons. The molecule has 174 valence electrons. The topological polar surface area (TPSA) is 76.0 Å². The summed E-state index contributed by atoms with van der Waals surface area (Å²) >= 11 is 0. The lowest BCUT2D eigenvalue weighted by atomic mass is 9.82. The Hall–Kier alpha value is -2.95. The molecule has 7 nitrogen and oxygen atoms in total. The van der Waals surface area contributed by atoms with Gasteiger partial charge in [0.1, 0.15) is 17.5 Å². The molecule has 0 bridgehead atoms. The molecule has 0 spiro atoms. The van der Waals surface area contributed by atoms with E-state index >= 15 is 0 Å². The molecule has 1 aliphatic heterocycles. The van der Waals surface area contributed by atoms with Crippen molar-refractivity contribution in [2.45, 2.75) is 50.0 Å². The number of methoxy groups -OCH3 is 1. The Morgan fingerprint density at radius 1 is 1.15 bits per heavy atom. The monoisotopic (exact) mass is 458 g/mol. The van der Waals surface area contributed by atoms with E-state index in [2.05, 4.69) is 32.4 Å². The Morgan fingerprint density at radius 3 is 2.85 bits per heavy atom. The maximum atomic E-state index is 13.3. The zero-order valence-electron chi connectivity index (χ0n) is 18.1. The Morgan fingerprint density at radius 2 is 2.03 bits per heavy atom. The fourth-order valence-corrected chi connectivity index (χ4v) is 4.83. The van der Waals surface area contributed by atoms with Crippen molar-refractivity contribution in [3.05, 3.63) is 65.7 Å². The van der Waals surface area contributed by atoms with Gasteiger partial charge >= 0.3 is 6.18 Å². The van der Waals surface area contributed by atoms with Gasteiger partial charge in [-0.3, -0.25) is 4.98 Å². The first kappa shape index (κ1) is 21.9. The van der Waals surface area contributed by atoms with Crippen molar-refractivity contribution in [2.75, 3.05) is 7.11 Å². The first-order chi connectivity index (χ1) is 15.9. The van der Waals surface area contributed by atoms with Gasteiger partial charge in [-0.15, -0.1) is 0 Å². The van der Waals surface area contributed by atoms with E-state index in [1.807, 2.05) is 22.9 Å². The summed E-state index contributed by atoms with van der Waals surface area (Å²) in [5.74, 6) is 1.28. The summed E-state index contributed by atoms with van der Waals surface area (Å²) < 4.78 is 47.5. The number of rotatable bonds is 5. The van der Waals surface area contributed by atoms with Gasteiger partial charge in [0.2, 0.25) is 0 Å². The van der Waals surface area contributed by atoms with Gasteiger partial charge in [-0.25, -0.2) is 15.8 Å². The van der Waals surface area contributed by atoms with Crippen LogP contribution in [0, 0.1) is 0 Å². The summed E-state index contributed by atoms with van der Waals surface area (Å²) in [6, 6.07) is 6.72. The number of nitrogens with one attached hydrogen (secondary N) is 3. The molecule has 3 N–H and O–H groups in total. The molecule has 1 aromatic carbocycles. The maximum absolute atomic E-state index is 13.3. The summed E-state index contributed by atoms with van der Waals surface area (Å²) in [6.45, 7) is 0.765. The quantitative estimate of drug-likeness (QED) is 0.542. The normalized spacial score (nSPS) is 22.8. The van der Waals surface area contributed by atoms with E-state index < -0.39 is 18.3 Å².